The number of carbonyl (C=O) groups excluding carboxylic acids is 2. The summed E-state index contributed by atoms with van der Waals surface area (Å²) >= 11 is 0. The van der Waals surface area contributed by atoms with E-state index >= 15 is 0 Å². The van der Waals surface area contributed by atoms with E-state index in [1.54, 1.807) is 0 Å². The van der Waals surface area contributed by atoms with Gasteiger partial charge < -0.3 is 16.0 Å². The van der Waals surface area contributed by atoms with Crippen LogP contribution in [0.25, 0.3) is 0 Å². The summed E-state index contributed by atoms with van der Waals surface area (Å²) in [6.07, 6.45) is -3.11. The second kappa shape index (κ2) is 5.13. The minimum atomic E-state index is -4.85. The molecular weight excluding hydrogens is 251 g/mol. The van der Waals surface area contributed by atoms with Crippen LogP contribution < -0.4 is 11.1 Å². The monoisotopic (exact) mass is 267 g/mol. The molecule has 1 heterocycles. The quantitative estimate of drug-likeness (QED) is 0.756. The molecule has 1 fully saturated rings. The number of halogens is 3. The molecular formula is C10H16F3N3O2. The van der Waals surface area contributed by atoms with Gasteiger partial charge in [0.05, 0.1) is 6.54 Å². The van der Waals surface area contributed by atoms with E-state index in [1.165, 1.54) is 4.90 Å². The van der Waals surface area contributed by atoms with Gasteiger partial charge in [-0.05, 0) is 19.8 Å². The molecule has 0 aromatic rings. The molecule has 1 aliphatic heterocycles. The molecule has 8 heteroatoms. The van der Waals surface area contributed by atoms with Gasteiger partial charge in [0.15, 0.2) is 5.54 Å². The lowest BCUT2D eigenvalue weighted by Crippen LogP contribution is -2.62. The van der Waals surface area contributed by atoms with Crippen LogP contribution in [0.4, 0.5) is 13.2 Å². The fourth-order valence-corrected chi connectivity index (χ4v) is 1.55. The van der Waals surface area contributed by atoms with Crippen LogP contribution in [0.1, 0.15) is 19.8 Å². The van der Waals surface area contributed by atoms with Crippen molar-refractivity contribution in [2.75, 3.05) is 19.6 Å². The van der Waals surface area contributed by atoms with Gasteiger partial charge >= 0.3 is 6.18 Å². The van der Waals surface area contributed by atoms with Crippen LogP contribution in [-0.4, -0.2) is 48.1 Å². The number of nitrogens with one attached hydrogen (secondary N) is 1. The van der Waals surface area contributed by atoms with E-state index < -0.39 is 24.2 Å². The average molecular weight is 267 g/mol. The molecule has 0 radical (unpaired) electrons. The Kier molecular flexibility index (Phi) is 4.20. The highest BCUT2D eigenvalue weighted by Gasteiger charge is 2.53. The molecule has 1 aliphatic rings. The van der Waals surface area contributed by atoms with Gasteiger partial charge in [-0.3, -0.25) is 9.59 Å². The van der Waals surface area contributed by atoms with Crippen molar-refractivity contribution in [2.45, 2.75) is 31.5 Å². The molecule has 1 rings (SSSR count). The highest BCUT2D eigenvalue weighted by atomic mass is 19.4. The van der Waals surface area contributed by atoms with Crippen molar-refractivity contribution < 1.29 is 22.8 Å². The summed E-state index contributed by atoms with van der Waals surface area (Å²) in [5, 5.41) is 1.93. The zero-order valence-electron chi connectivity index (χ0n) is 10.0. The molecule has 1 atom stereocenters. The van der Waals surface area contributed by atoms with E-state index in [1.807, 2.05) is 5.32 Å². The van der Waals surface area contributed by atoms with Crippen molar-refractivity contribution in [3.63, 3.8) is 0 Å². The zero-order chi connectivity index (χ0) is 14.0. The first-order chi connectivity index (χ1) is 8.16. The predicted molar refractivity (Wildman–Crippen MR) is 57.5 cm³/mol. The summed E-state index contributed by atoms with van der Waals surface area (Å²) in [5.74, 6) is -1.79. The zero-order valence-corrected chi connectivity index (χ0v) is 10.0. The van der Waals surface area contributed by atoms with Crippen molar-refractivity contribution in [3.8, 4) is 0 Å². The van der Waals surface area contributed by atoms with E-state index in [-0.39, 0.29) is 5.91 Å². The Hall–Kier alpha value is -1.31. The first kappa shape index (κ1) is 14.7. The third-order valence-electron chi connectivity index (χ3n) is 2.92. The predicted octanol–water partition coefficient (Wildman–Crippen LogP) is 0.00470. The van der Waals surface area contributed by atoms with Gasteiger partial charge in [-0.1, -0.05) is 0 Å². The Morgan fingerprint density at radius 1 is 1.28 bits per heavy atom. The van der Waals surface area contributed by atoms with Crippen LogP contribution in [0.3, 0.4) is 0 Å². The number of alkyl halides is 3. The molecule has 1 saturated heterocycles. The second-order valence-corrected chi connectivity index (χ2v) is 4.47. The van der Waals surface area contributed by atoms with E-state index in [4.69, 9.17) is 5.73 Å². The lowest BCUT2D eigenvalue weighted by Gasteiger charge is -2.26. The van der Waals surface area contributed by atoms with Crippen LogP contribution in [0.5, 0.6) is 0 Å². The molecule has 0 spiro atoms. The van der Waals surface area contributed by atoms with Crippen molar-refractivity contribution >= 4 is 11.8 Å². The topological polar surface area (TPSA) is 75.4 Å². The molecule has 2 amide bonds. The molecule has 0 aliphatic carbocycles. The Bertz CT molecular complexity index is 336. The highest BCUT2D eigenvalue weighted by Crippen LogP contribution is 2.27. The largest absolute Gasteiger partial charge is 0.415 e. The number of carbonyl (C=O) groups is 2. The van der Waals surface area contributed by atoms with Crippen LogP contribution in [0.15, 0.2) is 0 Å². The molecule has 5 nitrogen and oxygen atoms in total. The summed E-state index contributed by atoms with van der Waals surface area (Å²) < 4.78 is 37.3. The molecule has 104 valence electrons. The maximum Gasteiger partial charge on any atom is 0.415 e. The second-order valence-electron chi connectivity index (χ2n) is 4.47. The number of hydrogen-bond acceptors (Lipinski definition) is 3. The summed E-state index contributed by atoms with van der Waals surface area (Å²) in [7, 11) is 0. The SMILES string of the molecule is CC(N)(C(=O)NCC(=O)N1CCCC1)C(F)(F)F. The highest BCUT2D eigenvalue weighted by molar-refractivity contribution is 5.90. The third kappa shape index (κ3) is 3.12. The van der Waals surface area contributed by atoms with Gasteiger partial charge in [0.2, 0.25) is 11.8 Å². The number of nitrogens with zero attached hydrogens (tertiary/aromatic N) is 1. The number of amides is 2. The van der Waals surface area contributed by atoms with Gasteiger partial charge in [-0.2, -0.15) is 13.2 Å². The summed E-state index contributed by atoms with van der Waals surface area (Å²) in [4.78, 5) is 24.3. The third-order valence-corrected chi connectivity index (χ3v) is 2.92. The van der Waals surface area contributed by atoms with E-state index in [9.17, 15) is 22.8 Å². The van der Waals surface area contributed by atoms with Crippen LogP contribution in [0.2, 0.25) is 0 Å². The fraction of sp³-hybridized carbons (Fsp3) is 0.800. The maximum absolute atomic E-state index is 12.4. The fourth-order valence-electron chi connectivity index (χ4n) is 1.55. The minimum Gasteiger partial charge on any atom is -0.345 e. The number of likely N-dealkylation sites (tertiary alicyclic amines) is 1. The van der Waals surface area contributed by atoms with E-state index in [0.29, 0.717) is 20.0 Å². The minimum absolute atomic E-state index is 0.390. The average Bonchev–Trinajstić information content (AvgIpc) is 2.76. The Labute approximate surface area is 102 Å². The molecule has 0 saturated carbocycles. The van der Waals surface area contributed by atoms with Crippen molar-refractivity contribution in [3.05, 3.63) is 0 Å². The summed E-state index contributed by atoms with van der Waals surface area (Å²) in [5.41, 5.74) is 1.93. The van der Waals surface area contributed by atoms with E-state index in [0.717, 1.165) is 12.8 Å². The van der Waals surface area contributed by atoms with Gasteiger partial charge in [-0.25, -0.2) is 0 Å². The lowest BCUT2D eigenvalue weighted by molar-refractivity contribution is -0.187. The van der Waals surface area contributed by atoms with Crippen molar-refractivity contribution in [2.24, 2.45) is 5.73 Å². The van der Waals surface area contributed by atoms with Crippen LogP contribution in [0, 0.1) is 0 Å². The Balaban J connectivity index is 2.48. The van der Waals surface area contributed by atoms with Gasteiger partial charge in [0.1, 0.15) is 0 Å². The number of nitrogens with two attached hydrogens (primary N) is 1. The molecule has 0 aromatic carbocycles. The molecule has 1 unspecified atom stereocenters. The normalized spacial score (nSPS) is 19.5. The summed E-state index contributed by atoms with van der Waals surface area (Å²) in [6, 6.07) is 0. The Morgan fingerprint density at radius 3 is 2.22 bits per heavy atom. The lowest BCUT2D eigenvalue weighted by atomic mass is 10.0. The van der Waals surface area contributed by atoms with Crippen LogP contribution in [-0.2, 0) is 9.59 Å². The Morgan fingerprint density at radius 2 is 1.78 bits per heavy atom. The van der Waals surface area contributed by atoms with Gasteiger partial charge in [0, 0.05) is 13.1 Å². The van der Waals surface area contributed by atoms with E-state index in [2.05, 4.69) is 0 Å². The molecule has 18 heavy (non-hydrogen) atoms. The number of hydrogen-bond donors (Lipinski definition) is 2. The molecule has 3 N–H and O–H groups in total. The molecule has 0 bridgehead atoms. The van der Waals surface area contributed by atoms with Crippen LogP contribution >= 0.6 is 0 Å². The smallest absolute Gasteiger partial charge is 0.345 e. The summed E-state index contributed by atoms with van der Waals surface area (Å²) in [6.45, 7) is 1.27. The molecule has 0 aromatic heterocycles. The standard InChI is InChI=1S/C10H16F3N3O2/c1-9(14,10(11,12)13)8(18)15-6-7(17)16-4-2-3-5-16/h2-6,14H2,1H3,(H,15,18). The maximum atomic E-state index is 12.4. The number of rotatable bonds is 3. The first-order valence-electron chi connectivity index (χ1n) is 5.58. The van der Waals surface area contributed by atoms with Gasteiger partial charge in [0.25, 0.3) is 0 Å². The first-order valence-corrected chi connectivity index (χ1v) is 5.58. The van der Waals surface area contributed by atoms with Crippen molar-refractivity contribution in [1.82, 2.24) is 10.2 Å². The van der Waals surface area contributed by atoms with Crippen molar-refractivity contribution in [1.29, 1.82) is 0 Å². The van der Waals surface area contributed by atoms with Gasteiger partial charge in [-0.15, -0.1) is 0 Å².